The van der Waals surface area contributed by atoms with Gasteiger partial charge in [-0.1, -0.05) is 11.6 Å². The van der Waals surface area contributed by atoms with Gasteiger partial charge in [-0.05, 0) is 30.0 Å². The third-order valence-electron chi connectivity index (χ3n) is 2.01. The molecule has 2 aromatic heterocycles. The Labute approximate surface area is 96.3 Å². The largest absolute Gasteiger partial charge is 0.467 e. The molecule has 0 aliphatic rings. The van der Waals surface area contributed by atoms with Gasteiger partial charge in [-0.3, -0.25) is 0 Å². The Kier molecular flexibility index (Phi) is 2.86. The van der Waals surface area contributed by atoms with Crippen LogP contribution in [-0.2, 0) is 0 Å². The summed E-state index contributed by atoms with van der Waals surface area (Å²) in [6.07, 6.45) is 1.64. The second-order valence-corrected chi connectivity index (χ2v) is 4.75. The summed E-state index contributed by atoms with van der Waals surface area (Å²) in [5.41, 5.74) is 1.05. The lowest BCUT2D eigenvalue weighted by Crippen LogP contribution is -1.90. The van der Waals surface area contributed by atoms with Crippen molar-refractivity contribution in [1.82, 2.24) is 0 Å². The SMILES string of the molecule is Cc1ccoc1C(Cl)c1sccc1Cl. The lowest BCUT2D eigenvalue weighted by atomic mass is 10.2. The van der Waals surface area contributed by atoms with E-state index in [2.05, 4.69) is 0 Å². The quantitative estimate of drug-likeness (QED) is 0.705. The van der Waals surface area contributed by atoms with Gasteiger partial charge in [-0.25, -0.2) is 0 Å². The molecule has 14 heavy (non-hydrogen) atoms. The molecule has 0 aliphatic carbocycles. The molecule has 0 aromatic carbocycles. The van der Waals surface area contributed by atoms with E-state index in [0.717, 1.165) is 16.2 Å². The molecule has 1 nitrogen and oxygen atoms in total. The van der Waals surface area contributed by atoms with Crippen LogP contribution in [0.4, 0.5) is 0 Å². The molecular weight excluding hydrogens is 239 g/mol. The van der Waals surface area contributed by atoms with E-state index in [9.17, 15) is 0 Å². The fraction of sp³-hybridized carbons (Fsp3) is 0.200. The second-order valence-electron chi connectivity index (χ2n) is 2.96. The van der Waals surface area contributed by atoms with Crippen LogP contribution in [0.5, 0.6) is 0 Å². The van der Waals surface area contributed by atoms with Crippen molar-refractivity contribution in [1.29, 1.82) is 0 Å². The first kappa shape index (κ1) is 10.1. The first-order valence-electron chi connectivity index (χ1n) is 4.11. The van der Waals surface area contributed by atoms with Gasteiger partial charge in [-0.2, -0.15) is 0 Å². The Morgan fingerprint density at radius 1 is 1.43 bits per heavy atom. The van der Waals surface area contributed by atoms with Crippen LogP contribution in [0.3, 0.4) is 0 Å². The molecule has 0 fully saturated rings. The number of hydrogen-bond acceptors (Lipinski definition) is 2. The Morgan fingerprint density at radius 3 is 2.71 bits per heavy atom. The molecule has 4 heteroatoms. The van der Waals surface area contributed by atoms with E-state index in [4.69, 9.17) is 27.6 Å². The average molecular weight is 247 g/mol. The van der Waals surface area contributed by atoms with Crippen LogP contribution in [-0.4, -0.2) is 0 Å². The third kappa shape index (κ3) is 1.70. The monoisotopic (exact) mass is 246 g/mol. The number of furan rings is 1. The molecule has 0 saturated heterocycles. The van der Waals surface area contributed by atoms with Crippen molar-refractivity contribution in [3.63, 3.8) is 0 Å². The highest BCUT2D eigenvalue weighted by molar-refractivity contribution is 7.11. The van der Waals surface area contributed by atoms with Crippen LogP contribution in [0, 0.1) is 6.92 Å². The van der Waals surface area contributed by atoms with Gasteiger partial charge in [0.2, 0.25) is 0 Å². The summed E-state index contributed by atoms with van der Waals surface area (Å²) in [6, 6.07) is 3.74. The van der Waals surface area contributed by atoms with Gasteiger partial charge < -0.3 is 4.42 Å². The molecule has 1 unspecified atom stereocenters. The van der Waals surface area contributed by atoms with Crippen molar-refractivity contribution in [2.75, 3.05) is 0 Å². The maximum atomic E-state index is 6.26. The second kappa shape index (κ2) is 3.97. The molecule has 0 radical (unpaired) electrons. The third-order valence-corrected chi connectivity index (χ3v) is 3.98. The summed E-state index contributed by atoms with van der Waals surface area (Å²) >= 11 is 13.8. The highest BCUT2D eigenvalue weighted by Gasteiger charge is 2.20. The molecule has 0 spiro atoms. The van der Waals surface area contributed by atoms with E-state index in [1.54, 1.807) is 17.6 Å². The summed E-state index contributed by atoms with van der Waals surface area (Å²) in [5.74, 6) is 0.774. The van der Waals surface area contributed by atoms with Crippen LogP contribution >= 0.6 is 34.5 Å². The number of hydrogen-bond donors (Lipinski definition) is 0. The predicted octanol–water partition coefficient (Wildman–Crippen LogP) is 4.63. The fourth-order valence-corrected chi connectivity index (χ4v) is 2.94. The van der Waals surface area contributed by atoms with Crippen LogP contribution in [0.15, 0.2) is 28.2 Å². The van der Waals surface area contributed by atoms with E-state index in [-0.39, 0.29) is 5.38 Å². The normalized spacial score (nSPS) is 13.1. The van der Waals surface area contributed by atoms with E-state index in [1.807, 2.05) is 24.4 Å². The van der Waals surface area contributed by atoms with Crippen molar-refractivity contribution in [3.8, 4) is 0 Å². The van der Waals surface area contributed by atoms with Gasteiger partial charge in [-0.15, -0.1) is 22.9 Å². The lowest BCUT2D eigenvalue weighted by Gasteiger charge is -2.05. The van der Waals surface area contributed by atoms with Gasteiger partial charge in [0.25, 0.3) is 0 Å². The Hall–Kier alpha value is -0.440. The van der Waals surface area contributed by atoms with Gasteiger partial charge in [0.05, 0.1) is 11.3 Å². The van der Waals surface area contributed by atoms with Crippen molar-refractivity contribution < 1.29 is 4.42 Å². The molecule has 0 saturated carbocycles. The van der Waals surface area contributed by atoms with Crippen molar-refractivity contribution in [2.45, 2.75) is 12.3 Å². The molecule has 0 aliphatic heterocycles. The first-order chi connectivity index (χ1) is 6.70. The van der Waals surface area contributed by atoms with E-state index in [0.29, 0.717) is 5.02 Å². The minimum absolute atomic E-state index is 0.280. The van der Waals surface area contributed by atoms with E-state index < -0.39 is 0 Å². The van der Waals surface area contributed by atoms with Gasteiger partial charge in [0.1, 0.15) is 11.1 Å². The molecule has 1 atom stereocenters. The average Bonchev–Trinajstić information content (AvgIpc) is 2.73. The molecule has 2 rings (SSSR count). The van der Waals surface area contributed by atoms with Gasteiger partial charge in [0.15, 0.2) is 0 Å². The van der Waals surface area contributed by atoms with Crippen molar-refractivity contribution in [2.24, 2.45) is 0 Å². The number of alkyl halides is 1. The number of aryl methyl sites for hydroxylation is 1. The molecule has 0 bridgehead atoms. The van der Waals surface area contributed by atoms with Crippen LogP contribution < -0.4 is 0 Å². The topological polar surface area (TPSA) is 13.1 Å². The summed E-state index contributed by atoms with van der Waals surface area (Å²) < 4.78 is 5.32. The Bertz CT molecular complexity index is 393. The number of rotatable bonds is 2. The highest BCUT2D eigenvalue weighted by Crippen LogP contribution is 2.38. The highest BCUT2D eigenvalue weighted by atomic mass is 35.5. The summed E-state index contributed by atoms with van der Waals surface area (Å²) in [4.78, 5) is 0.936. The molecule has 0 N–H and O–H groups in total. The number of halogens is 2. The van der Waals surface area contributed by atoms with Crippen molar-refractivity contribution in [3.05, 3.63) is 45.0 Å². The summed E-state index contributed by atoms with van der Waals surface area (Å²) in [5, 5.41) is 2.34. The molecule has 2 heterocycles. The fourth-order valence-electron chi connectivity index (χ4n) is 1.25. The van der Waals surface area contributed by atoms with Crippen LogP contribution in [0.2, 0.25) is 5.02 Å². The van der Waals surface area contributed by atoms with E-state index >= 15 is 0 Å². The number of thiophene rings is 1. The predicted molar refractivity (Wildman–Crippen MR) is 60.5 cm³/mol. The van der Waals surface area contributed by atoms with E-state index in [1.165, 1.54) is 0 Å². The zero-order valence-electron chi connectivity index (χ0n) is 7.46. The Balaban J connectivity index is 2.38. The molecule has 0 amide bonds. The minimum Gasteiger partial charge on any atom is -0.467 e. The first-order valence-corrected chi connectivity index (χ1v) is 5.80. The van der Waals surface area contributed by atoms with Crippen LogP contribution in [0.1, 0.15) is 21.6 Å². The van der Waals surface area contributed by atoms with Gasteiger partial charge >= 0.3 is 0 Å². The lowest BCUT2D eigenvalue weighted by molar-refractivity contribution is 0.515. The minimum atomic E-state index is -0.280. The zero-order chi connectivity index (χ0) is 10.1. The zero-order valence-corrected chi connectivity index (χ0v) is 9.79. The molecule has 2 aromatic rings. The maximum absolute atomic E-state index is 6.26. The van der Waals surface area contributed by atoms with Gasteiger partial charge in [0, 0.05) is 4.88 Å². The summed E-state index contributed by atoms with van der Waals surface area (Å²) in [6.45, 7) is 1.97. The molecule has 74 valence electrons. The van der Waals surface area contributed by atoms with Crippen LogP contribution in [0.25, 0.3) is 0 Å². The maximum Gasteiger partial charge on any atom is 0.129 e. The molecular formula is C10H8Cl2OS. The Morgan fingerprint density at radius 2 is 2.21 bits per heavy atom. The summed E-state index contributed by atoms with van der Waals surface area (Å²) in [7, 11) is 0. The van der Waals surface area contributed by atoms with Crippen molar-refractivity contribution >= 4 is 34.5 Å². The smallest absolute Gasteiger partial charge is 0.129 e. The standard InChI is InChI=1S/C10H8Cl2OS/c1-6-2-4-13-9(6)8(12)10-7(11)3-5-14-10/h2-5,8H,1H3.